The first-order chi connectivity index (χ1) is 11.7. The van der Waals surface area contributed by atoms with E-state index in [0.29, 0.717) is 0 Å². The lowest BCUT2D eigenvalue weighted by Gasteiger charge is -2.41. The fraction of sp³-hybridized carbons (Fsp3) is 0.182. The molecule has 2 heteroatoms. The van der Waals surface area contributed by atoms with E-state index >= 15 is 0 Å². The molecule has 0 bridgehead atoms. The molecular formula is C22H22O2. The van der Waals surface area contributed by atoms with Crippen LogP contribution in [0.3, 0.4) is 0 Å². The quantitative estimate of drug-likeness (QED) is 0.703. The van der Waals surface area contributed by atoms with Gasteiger partial charge in [-0.2, -0.15) is 0 Å². The Bertz CT molecular complexity index is 655. The van der Waals surface area contributed by atoms with Gasteiger partial charge in [0.15, 0.2) is 0 Å². The molecule has 2 unspecified atom stereocenters. The summed E-state index contributed by atoms with van der Waals surface area (Å²) in [6.07, 6.45) is -1.87. The molecule has 3 rings (SSSR count). The summed E-state index contributed by atoms with van der Waals surface area (Å²) >= 11 is 0. The highest BCUT2D eigenvalue weighted by atomic mass is 16.3. The molecule has 2 nitrogen and oxygen atoms in total. The van der Waals surface area contributed by atoms with E-state index in [-0.39, 0.29) is 0 Å². The van der Waals surface area contributed by atoms with Gasteiger partial charge in [-0.15, -0.1) is 0 Å². The smallest absolute Gasteiger partial charge is 0.0973 e. The maximum atomic E-state index is 11.1. The molecular weight excluding hydrogens is 296 g/mol. The number of hydrogen-bond acceptors (Lipinski definition) is 2. The van der Waals surface area contributed by atoms with Crippen molar-refractivity contribution in [2.75, 3.05) is 0 Å². The summed E-state index contributed by atoms with van der Waals surface area (Å²) in [6, 6.07) is 29.7. The minimum Gasteiger partial charge on any atom is -0.391 e. The molecule has 2 atom stereocenters. The van der Waals surface area contributed by atoms with E-state index in [9.17, 15) is 10.2 Å². The van der Waals surface area contributed by atoms with Crippen LogP contribution in [0.4, 0.5) is 0 Å². The fourth-order valence-corrected chi connectivity index (χ4v) is 3.48. The van der Waals surface area contributed by atoms with Crippen LogP contribution < -0.4 is 0 Å². The van der Waals surface area contributed by atoms with Gasteiger partial charge in [-0.25, -0.2) is 0 Å². The summed E-state index contributed by atoms with van der Waals surface area (Å²) in [7, 11) is 0. The van der Waals surface area contributed by atoms with Crippen molar-refractivity contribution >= 4 is 0 Å². The normalized spacial score (nSPS) is 14.1. The van der Waals surface area contributed by atoms with Crippen molar-refractivity contribution in [3.63, 3.8) is 0 Å². The van der Waals surface area contributed by atoms with Crippen LogP contribution in [0, 0.1) is 0 Å². The largest absolute Gasteiger partial charge is 0.391 e. The van der Waals surface area contributed by atoms with Crippen molar-refractivity contribution < 1.29 is 10.2 Å². The third kappa shape index (κ3) is 2.75. The number of hydrogen-bond donors (Lipinski definition) is 2. The second-order valence-corrected chi connectivity index (χ2v) is 6.09. The molecule has 0 heterocycles. The Morgan fingerprint density at radius 3 is 1.12 bits per heavy atom. The molecule has 122 valence electrons. The Hall–Kier alpha value is -2.42. The number of benzene rings is 3. The van der Waals surface area contributed by atoms with E-state index < -0.39 is 17.6 Å². The summed E-state index contributed by atoms with van der Waals surface area (Å²) in [5.41, 5.74) is 2.03. The maximum Gasteiger partial charge on any atom is 0.0973 e. The predicted molar refractivity (Wildman–Crippen MR) is 96.9 cm³/mol. The van der Waals surface area contributed by atoms with E-state index in [4.69, 9.17) is 0 Å². The standard InChI is InChI=1S/C22H22O2/c1-17(23)21(24)22(18-11-5-2-6-12-18,19-13-7-3-8-14-19)20-15-9-4-10-16-20/h2-17,21,23-24H,1H3. The van der Waals surface area contributed by atoms with Crippen LogP contribution in [0.5, 0.6) is 0 Å². The van der Waals surface area contributed by atoms with Gasteiger partial charge in [0.2, 0.25) is 0 Å². The highest BCUT2D eigenvalue weighted by molar-refractivity contribution is 5.52. The van der Waals surface area contributed by atoms with Crippen LogP contribution in [0.2, 0.25) is 0 Å². The Kier molecular flexibility index (Phi) is 4.79. The zero-order valence-corrected chi connectivity index (χ0v) is 13.7. The Morgan fingerprint density at radius 1 is 0.583 bits per heavy atom. The van der Waals surface area contributed by atoms with Gasteiger partial charge in [0, 0.05) is 0 Å². The molecule has 0 aliphatic carbocycles. The highest BCUT2D eigenvalue weighted by Crippen LogP contribution is 2.43. The summed E-state index contributed by atoms with van der Waals surface area (Å²) in [6.45, 7) is 1.63. The second kappa shape index (κ2) is 7.00. The second-order valence-electron chi connectivity index (χ2n) is 6.09. The maximum absolute atomic E-state index is 11.1. The van der Waals surface area contributed by atoms with Gasteiger partial charge in [0.1, 0.15) is 0 Å². The first-order valence-corrected chi connectivity index (χ1v) is 8.20. The topological polar surface area (TPSA) is 40.5 Å². The molecule has 0 aliphatic rings. The molecule has 3 aromatic rings. The minimum absolute atomic E-state index is 0.835. The molecule has 24 heavy (non-hydrogen) atoms. The van der Waals surface area contributed by atoms with Crippen LogP contribution in [0.25, 0.3) is 0 Å². The molecule has 0 spiro atoms. The van der Waals surface area contributed by atoms with Crippen LogP contribution >= 0.6 is 0 Å². The van der Waals surface area contributed by atoms with Crippen molar-refractivity contribution in [2.24, 2.45) is 0 Å². The number of aliphatic hydroxyl groups is 2. The molecule has 0 aliphatic heterocycles. The average Bonchev–Trinajstić information content (AvgIpc) is 2.65. The molecule has 0 aromatic heterocycles. The molecule has 2 N–H and O–H groups in total. The van der Waals surface area contributed by atoms with Crippen LogP contribution in [-0.2, 0) is 5.41 Å². The van der Waals surface area contributed by atoms with Gasteiger partial charge < -0.3 is 10.2 Å². The van der Waals surface area contributed by atoms with Crippen molar-refractivity contribution in [1.29, 1.82) is 0 Å². The zero-order valence-electron chi connectivity index (χ0n) is 13.7. The van der Waals surface area contributed by atoms with E-state index in [0.717, 1.165) is 16.7 Å². The molecule has 3 aromatic carbocycles. The fourth-order valence-electron chi connectivity index (χ4n) is 3.48. The predicted octanol–water partition coefficient (Wildman–Crippen LogP) is 3.76. The van der Waals surface area contributed by atoms with E-state index in [2.05, 4.69) is 0 Å². The van der Waals surface area contributed by atoms with Gasteiger partial charge in [0.25, 0.3) is 0 Å². The van der Waals surface area contributed by atoms with E-state index in [1.165, 1.54) is 0 Å². The third-order valence-corrected chi connectivity index (χ3v) is 4.59. The van der Waals surface area contributed by atoms with E-state index in [1.54, 1.807) is 6.92 Å². The number of rotatable bonds is 5. The molecule has 0 amide bonds. The molecule has 0 radical (unpaired) electrons. The van der Waals surface area contributed by atoms with Gasteiger partial charge >= 0.3 is 0 Å². The highest BCUT2D eigenvalue weighted by Gasteiger charge is 2.44. The van der Waals surface area contributed by atoms with Gasteiger partial charge in [-0.05, 0) is 23.6 Å². The Labute approximate surface area is 143 Å². The van der Waals surface area contributed by atoms with Crippen LogP contribution in [-0.4, -0.2) is 22.4 Å². The average molecular weight is 318 g/mol. The van der Waals surface area contributed by atoms with Gasteiger partial charge in [-0.3, -0.25) is 0 Å². The van der Waals surface area contributed by atoms with E-state index in [1.807, 2.05) is 91.0 Å². The van der Waals surface area contributed by atoms with Crippen LogP contribution in [0.15, 0.2) is 91.0 Å². The van der Waals surface area contributed by atoms with Gasteiger partial charge in [0.05, 0.1) is 17.6 Å². The minimum atomic E-state index is -0.982. The summed E-state index contributed by atoms with van der Waals surface area (Å²) in [4.78, 5) is 0. The monoisotopic (exact) mass is 318 g/mol. The SMILES string of the molecule is CC(O)C(O)C(c1ccccc1)(c1ccccc1)c1ccccc1. The first kappa shape index (κ1) is 16.4. The van der Waals surface area contributed by atoms with Crippen molar-refractivity contribution in [1.82, 2.24) is 0 Å². The van der Waals surface area contributed by atoms with Crippen molar-refractivity contribution in [2.45, 2.75) is 24.5 Å². The Balaban J connectivity index is 2.37. The lowest BCUT2D eigenvalue weighted by Crippen LogP contribution is -2.47. The summed E-state index contributed by atoms with van der Waals surface area (Å²) in [5.74, 6) is 0. The van der Waals surface area contributed by atoms with Gasteiger partial charge in [-0.1, -0.05) is 91.0 Å². The lowest BCUT2D eigenvalue weighted by atomic mass is 9.64. The Morgan fingerprint density at radius 2 is 0.875 bits per heavy atom. The molecule has 0 saturated carbocycles. The lowest BCUT2D eigenvalue weighted by molar-refractivity contribution is 0.000433. The third-order valence-electron chi connectivity index (χ3n) is 4.59. The first-order valence-electron chi connectivity index (χ1n) is 8.20. The van der Waals surface area contributed by atoms with Crippen molar-refractivity contribution in [3.8, 4) is 0 Å². The van der Waals surface area contributed by atoms with Crippen LogP contribution in [0.1, 0.15) is 23.6 Å². The number of aliphatic hydroxyl groups excluding tert-OH is 2. The molecule has 0 saturated heterocycles. The van der Waals surface area contributed by atoms with Crippen molar-refractivity contribution in [3.05, 3.63) is 108 Å². The molecule has 0 fully saturated rings. The summed E-state index contributed by atoms with van der Waals surface area (Å²) < 4.78 is 0. The zero-order chi connectivity index (χ0) is 17.0. The summed E-state index contributed by atoms with van der Waals surface area (Å²) in [5, 5.41) is 21.4.